The van der Waals surface area contributed by atoms with Gasteiger partial charge in [-0.2, -0.15) is 0 Å². The molecule has 0 atom stereocenters. The number of aromatic nitrogens is 4. The highest BCUT2D eigenvalue weighted by atomic mass is 32.2. The van der Waals surface area contributed by atoms with E-state index < -0.39 is 9.84 Å². The van der Waals surface area contributed by atoms with Crippen LogP contribution >= 0.6 is 0 Å². The van der Waals surface area contributed by atoms with Gasteiger partial charge in [0, 0.05) is 71.7 Å². The number of sulfone groups is 1. The molecule has 0 radical (unpaired) electrons. The fraction of sp³-hybridized carbons (Fsp3) is 0.185. The molecule has 0 saturated carbocycles. The van der Waals surface area contributed by atoms with Crippen molar-refractivity contribution in [2.24, 2.45) is 0 Å². The summed E-state index contributed by atoms with van der Waals surface area (Å²) < 4.78 is 24.9. The molecule has 0 fully saturated rings. The van der Waals surface area contributed by atoms with Crippen molar-refractivity contribution in [3.05, 3.63) is 94.8 Å². The summed E-state index contributed by atoms with van der Waals surface area (Å²) >= 11 is 0. The number of hydrogen-bond donors (Lipinski definition) is 2. The van der Waals surface area contributed by atoms with Crippen LogP contribution in [0.3, 0.4) is 0 Å². The van der Waals surface area contributed by atoms with Crippen molar-refractivity contribution in [2.75, 3.05) is 6.26 Å². The monoisotopic (exact) mass is 499 g/mol. The lowest BCUT2D eigenvalue weighted by molar-refractivity contribution is 0.0950. The summed E-state index contributed by atoms with van der Waals surface area (Å²) in [6, 6.07) is 10.9. The maximum absolute atomic E-state index is 12.8. The smallest absolute Gasteiger partial charge is 0.251 e. The van der Waals surface area contributed by atoms with Crippen molar-refractivity contribution in [1.29, 1.82) is 0 Å². The molecule has 0 spiro atoms. The number of aromatic amines is 1. The molecule has 8 nitrogen and oxygen atoms in total. The van der Waals surface area contributed by atoms with Gasteiger partial charge in [-0.1, -0.05) is 6.07 Å². The first-order valence-corrected chi connectivity index (χ1v) is 13.3. The third-order valence-corrected chi connectivity index (χ3v) is 7.24. The molecule has 36 heavy (non-hydrogen) atoms. The van der Waals surface area contributed by atoms with Crippen LogP contribution in [-0.4, -0.2) is 40.5 Å². The Labute approximate surface area is 208 Å². The second-order valence-corrected chi connectivity index (χ2v) is 11.0. The average Bonchev–Trinajstić information content (AvgIpc) is 3.21. The first kappa shape index (κ1) is 23.6. The van der Waals surface area contributed by atoms with E-state index >= 15 is 0 Å². The largest absolute Gasteiger partial charge is 0.348 e. The summed E-state index contributed by atoms with van der Waals surface area (Å²) in [6.45, 7) is 4.22. The van der Waals surface area contributed by atoms with E-state index in [9.17, 15) is 13.2 Å². The number of carbonyl (C=O) groups is 1. The summed E-state index contributed by atoms with van der Waals surface area (Å²) in [5.74, 6) is -0.221. The second kappa shape index (κ2) is 9.16. The fourth-order valence-corrected chi connectivity index (χ4v) is 5.22. The minimum Gasteiger partial charge on any atom is -0.348 e. The van der Waals surface area contributed by atoms with E-state index in [0.29, 0.717) is 29.6 Å². The first-order chi connectivity index (χ1) is 17.2. The van der Waals surface area contributed by atoms with Gasteiger partial charge in [-0.05, 0) is 66.3 Å². The van der Waals surface area contributed by atoms with Gasteiger partial charge >= 0.3 is 0 Å². The van der Waals surface area contributed by atoms with Crippen LogP contribution in [0.5, 0.6) is 0 Å². The molecule has 0 aliphatic carbocycles. The summed E-state index contributed by atoms with van der Waals surface area (Å²) in [5, 5.41) is 5.37. The van der Waals surface area contributed by atoms with Crippen LogP contribution in [0, 0.1) is 13.8 Å². The van der Waals surface area contributed by atoms with Gasteiger partial charge in [0.05, 0.1) is 4.90 Å². The SMILES string of the molecule is Cc1cc2cc(Cc3cc(C(=O)NCc4cnc5[nH]cc(C)c5c4)ccn3)cc(S(C)(=O)=O)c2cn1. The Morgan fingerprint density at radius 3 is 2.61 bits per heavy atom. The third kappa shape index (κ3) is 4.83. The van der Waals surface area contributed by atoms with Crippen LogP contribution in [0.25, 0.3) is 21.8 Å². The predicted molar refractivity (Wildman–Crippen MR) is 139 cm³/mol. The maximum Gasteiger partial charge on any atom is 0.251 e. The van der Waals surface area contributed by atoms with Crippen LogP contribution in [-0.2, 0) is 22.8 Å². The van der Waals surface area contributed by atoms with Crippen LogP contribution < -0.4 is 5.32 Å². The van der Waals surface area contributed by atoms with Gasteiger partial charge in [0.15, 0.2) is 9.84 Å². The number of pyridine rings is 3. The van der Waals surface area contributed by atoms with E-state index in [-0.39, 0.29) is 10.8 Å². The lowest BCUT2D eigenvalue weighted by Crippen LogP contribution is -2.23. The number of rotatable bonds is 6. The molecule has 1 aromatic carbocycles. The van der Waals surface area contributed by atoms with Crippen molar-refractivity contribution in [3.63, 3.8) is 0 Å². The van der Waals surface area contributed by atoms with Crippen LogP contribution in [0.1, 0.15) is 38.4 Å². The van der Waals surface area contributed by atoms with Gasteiger partial charge in [0.25, 0.3) is 5.91 Å². The molecule has 0 aliphatic rings. The third-order valence-electron chi connectivity index (χ3n) is 6.11. The Kier molecular flexibility index (Phi) is 6.01. The quantitative estimate of drug-likeness (QED) is 0.364. The molecule has 9 heteroatoms. The molecule has 182 valence electrons. The lowest BCUT2D eigenvalue weighted by Gasteiger charge is -2.10. The van der Waals surface area contributed by atoms with Crippen molar-refractivity contribution < 1.29 is 13.2 Å². The van der Waals surface area contributed by atoms with Gasteiger partial charge in [0.2, 0.25) is 0 Å². The number of benzene rings is 1. The summed E-state index contributed by atoms with van der Waals surface area (Å²) in [6.07, 6.45) is 8.41. The molecule has 1 amide bonds. The number of nitrogens with one attached hydrogen (secondary N) is 2. The van der Waals surface area contributed by atoms with E-state index in [1.165, 1.54) is 6.26 Å². The van der Waals surface area contributed by atoms with Crippen LogP contribution in [0.15, 0.2) is 66.1 Å². The average molecular weight is 500 g/mol. The Morgan fingerprint density at radius 1 is 0.972 bits per heavy atom. The minimum absolute atomic E-state index is 0.221. The van der Waals surface area contributed by atoms with Crippen molar-refractivity contribution in [2.45, 2.75) is 31.7 Å². The van der Waals surface area contributed by atoms with Crippen molar-refractivity contribution in [3.8, 4) is 0 Å². The van der Waals surface area contributed by atoms with Gasteiger partial charge in [0.1, 0.15) is 5.65 Å². The van der Waals surface area contributed by atoms with E-state index in [0.717, 1.165) is 38.8 Å². The number of amides is 1. The van der Waals surface area contributed by atoms with Crippen LogP contribution in [0.2, 0.25) is 0 Å². The standard InChI is InChI=1S/C27H25N5O3S/c1-16-12-30-26-23(16)9-19(13-31-26)14-32-27(33)20-4-5-28-22(11-20)8-18-7-21-6-17(2)29-15-24(21)25(10-18)36(3,34)35/h4-7,9-13,15H,8,14H2,1-3H3,(H,30,31)(H,32,33). The predicted octanol–water partition coefficient (Wildman–Crippen LogP) is 4.05. The molecule has 0 unspecified atom stereocenters. The summed E-state index contributed by atoms with van der Waals surface area (Å²) in [4.78, 5) is 29.3. The molecule has 2 N–H and O–H groups in total. The van der Waals surface area contributed by atoms with Gasteiger partial charge in [-0.3, -0.25) is 14.8 Å². The Hall–Kier alpha value is -4.11. The second-order valence-electron chi connectivity index (χ2n) is 9.02. The molecule has 4 heterocycles. The van der Waals surface area contributed by atoms with Crippen LogP contribution in [0.4, 0.5) is 0 Å². The molecule has 5 aromatic rings. The molecular formula is C27H25N5O3S. The highest BCUT2D eigenvalue weighted by Crippen LogP contribution is 2.26. The van der Waals surface area contributed by atoms with Gasteiger partial charge in [-0.15, -0.1) is 0 Å². The molecule has 5 rings (SSSR count). The highest BCUT2D eigenvalue weighted by molar-refractivity contribution is 7.91. The van der Waals surface area contributed by atoms with Gasteiger partial charge < -0.3 is 10.3 Å². The first-order valence-electron chi connectivity index (χ1n) is 11.4. The molecule has 0 bridgehead atoms. The Balaban J connectivity index is 1.37. The van der Waals surface area contributed by atoms with Crippen molar-refractivity contribution >= 4 is 37.6 Å². The van der Waals surface area contributed by atoms with Gasteiger partial charge in [-0.25, -0.2) is 13.4 Å². The molecule has 4 aromatic heterocycles. The lowest BCUT2D eigenvalue weighted by atomic mass is 10.0. The van der Waals surface area contributed by atoms with E-state index in [1.807, 2.05) is 38.2 Å². The molecule has 0 aliphatic heterocycles. The number of hydrogen-bond acceptors (Lipinski definition) is 6. The van der Waals surface area contributed by atoms with Crippen molar-refractivity contribution in [1.82, 2.24) is 25.3 Å². The number of carbonyl (C=O) groups excluding carboxylic acids is 1. The fourth-order valence-electron chi connectivity index (χ4n) is 4.29. The number of nitrogens with zero attached hydrogens (tertiary/aromatic N) is 3. The topological polar surface area (TPSA) is 118 Å². The highest BCUT2D eigenvalue weighted by Gasteiger charge is 2.15. The van der Waals surface area contributed by atoms with E-state index in [1.54, 1.807) is 36.8 Å². The number of fused-ring (bicyclic) bond motifs is 2. The Bertz CT molecular complexity index is 1740. The number of H-pyrrole nitrogens is 1. The number of aryl methyl sites for hydroxylation is 2. The minimum atomic E-state index is -3.46. The van der Waals surface area contributed by atoms with E-state index in [2.05, 4.69) is 25.3 Å². The molecular weight excluding hydrogens is 474 g/mol. The summed E-state index contributed by atoms with van der Waals surface area (Å²) in [5.41, 5.74) is 5.57. The summed E-state index contributed by atoms with van der Waals surface area (Å²) in [7, 11) is -3.46. The van der Waals surface area contributed by atoms with E-state index in [4.69, 9.17) is 0 Å². The normalized spacial score (nSPS) is 11.8. The maximum atomic E-state index is 12.8. The zero-order valence-electron chi connectivity index (χ0n) is 20.2. The molecule has 0 saturated heterocycles. The Morgan fingerprint density at radius 2 is 1.81 bits per heavy atom. The zero-order valence-corrected chi connectivity index (χ0v) is 21.0. The zero-order chi connectivity index (χ0) is 25.4.